The van der Waals surface area contributed by atoms with E-state index >= 15 is 0 Å². The fourth-order valence-corrected chi connectivity index (χ4v) is 4.33. The first-order valence-electron chi connectivity index (χ1n) is 12.5. The fraction of sp³-hybridized carbons (Fsp3) is 0.367. The molecule has 0 aromatic heterocycles. The number of rotatable bonds is 12. The number of ketones is 1. The van der Waals surface area contributed by atoms with Gasteiger partial charge in [-0.3, -0.25) is 4.79 Å². The molecule has 0 amide bonds. The highest BCUT2D eigenvalue weighted by Crippen LogP contribution is 2.31. The Morgan fingerprint density at radius 2 is 1.32 bits per heavy atom. The normalized spacial score (nSPS) is 14.0. The predicted molar refractivity (Wildman–Crippen MR) is 136 cm³/mol. The molecule has 0 spiro atoms. The van der Waals surface area contributed by atoms with Crippen molar-refractivity contribution in [2.24, 2.45) is 0 Å². The van der Waals surface area contributed by atoms with Gasteiger partial charge in [0.15, 0.2) is 17.3 Å². The molecule has 178 valence electrons. The minimum atomic E-state index is 0.165. The third kappa shape index (κ3) is 7.46. The SMILES string of the molecule is O=C(CCCCN1CCCCC1)c1ccc(OCc2ccccc2)c(OCc2ccccc2)c1. The van der Waals surface area contributed by atoms with E-state index in [0.29, 0.717) is 36.7 Å². The lowest BCUT2D eigenvalue weighted by Crippen LogP contribution is -2.30. The number of nitrogens with zero attached hydrogens (tertiary/aromatic N) is 1. The van der Waals surface area contributed by atoms with Crippen molar-refractivity contribution in [3.8, 4) is 11.5 Å². The fourth-order valence-electron chi connectivity index (χ4n) is 4.33. The molecule has 3 aromatic rings. The highest BCUT2D eigenvalue weighted by atomic mass is 16.5. The van der Waals surface area contributed by atoms with Gasteiger partial charge in [-0.05, 0) is 74.6 Å². The van der Waals surface area contributed by atoms with Crippen LogP contribution in [0.1, 0.15) is 60.0 Å². The average Bonchev–Trinajstić information content (AvgIpc) is 2.90. The summed E-state index contributed by atoms with van der Waals surface area (Å²) >= 11 is 0. The van der Waals surface area contributed by atoms with Crippen molar-refractivity contribution in [3.63, 3.8) is 0 Å². The lowest BCUT2D eigenvalue weighted by Gasteiger charge is -2.26. The lowest BCUT2D eigenvalue weighted by atomic mass is 10.0. The zero-order valence-corrected chi connectivity index (χ0v) is 20.0. The molecule has 0 aliphatic carbocycles. The van der Waals surface area contributed by atoms with E-state index < -0.39 is 0 Å². The summed E-state index contributed by atoms with van der Waals surface area (Å²) in [6.45, 7) is 4.40. The number of likely N-dealkylation sites (tertiary alicyclic amines) is 1. The van der Waals surface area contributed by atoms with Crippen LogP contribution in [0.3, 0.4) is 0 Å². The minimum absolute atomic E-state index is 0.165. The number of benzene rings is 3. The molecule has 34 heavy (non-hydrogen) atoms. The van der Waals surface area contributed by atoms with E-state index in [-0.39, 0.29) is 5.78 Å². The molecular formula is C30H35NO3. The van der Waals surface area contributed by atoms with Crippen LogP contribution < -0.4 is 9.47 Å². The van der Waals surface area contributed by atoms with Crippen LogP contribution >= 0.6 is 0 Å². The van der Waals surface area contributed by atoms with Gasteiger partial charge in [-0.15, -0.1) is 0 Å². The third-order valence-electron chi connectivity index (χ3n) is 6.32. The van der Waals surface area contributed by atoms with E-state index in [9.17, 15) is 4.79 Å². The van der Waals surface area contributed by atoms with Gasteiger partial charge in [0.25, 0.3) is 0 Å². The summed E-state index contributed by atoms with van der Waals surface area (Å²) in [5.41, 5.74) is 2.85. The van der Waals surface area contributed by atoms with Gasteiger partial charge in [0.05, 0.1) is 0 Å². The summed E-state index contributed by atoms with van der Waals surface area (Å²) in [6, 6.07) is 25.7. The van der Waals surface area contributed by atoms with Crippen molar-refractivity contribution in [2.75, 3.05) is 19.6 Å². The van der Waals surface area contributed by atoms with Crippen LogP contribution in [0.25, 0.3) is 0 Å². The molecule has 1 saturated heterocycles. The molecule has 4 rings (SSSR count). The van der Waals surface area contributed by atoms with Crippen molar-refractivity contribution in [1.82, 2.24) is 4.90 Å². The maximum atomic E-state index is 12.9. The zero-order valence-electron chi connectivity index (χ0n) is 20.0. The van der Waals surface area contributed by atoms with Gasteiger partial charge < -0.3 is 14.4 Å². The number of carbonyl (C=O) groups is 1. The largest absolute Gasteiger partial charge is 0.485 e. The molecule has 1 aliphatic heterocycles. The predicted octanol–water partition coefficient (Wildman–Crippen LogP) is 6.68. The van der Waals surface area contributed by atoms with Gasteiger partial charge in [0.1, 0.15) is 13.2 Å². The minimum Gasteiger partial charge on any atom is -0.485 e. The summed E-state index contributed by atoms with van der Waals surface area (Å²) in [4.78, 5) is 15.4. The Morgan fingerprint density at radius 1 is 0.706 bits per heavy atom. The molecule has 0 N–H and O–H groups in total. The Balaban J connectivity index is 1.37. The molecule has 3 aromatic carbocycles. The second-order valence-corrected chi connectivity index (χ2v) is 8.99. The van der Waals surface area contributed by atoms with Crippen LogP contribution in [0.2, 0.25) is 0 Å². The molecule has 0 saturated carbocycles. The van der Waals surface area contributed by atoms with Gasteiger partial charge in [-0.25, -0.2) is 0 Å². The first-order chi connectivity index (χ1) is 16.8. The Morgan fingerprint density at radius 3 is 1.97 bits per heavy atom. The number of hydrogen-bond acceptors (Lipinski definition) is 4. The Hall–Kier alpha value is -3.11. The standard InChI is InChI=1S/C30H35NO3/c32-28(16-8-11-21-31-19-9-3-10-20-31)27-17-18-29(33-23-25-12-4-1-5-13-25)30(22-27)34-24-26-14-6-2-7-15-26/h1-2,4-7,12-15,17-18,22H,3,8-11,16,19-21,23-24H2. The number of ether oxygens (including phenoxy) is 2. The molecule has 4 heteroatoms. The highest BCUT2D eigenvalue weighted by molar-refractivity contribution is 5.96. The van der Waals surface area contributed by atoms with Crippen LogP contribution in [0.15, 0.2) is 78.9 Å². The van der Waals surface area contributed by atoms with Crippen molar-refractivity contribution >= 4 is 5.78 Å². The topological polar surface area (TPSA) is 38.8 Å². The lowest BCUT2D eigenvalue weighted by molar-refractivity contribution is 0.0976. The number of unbranched alkanes of at least 4 members (excludes halogenated alkanes) is 1. The quantitative estimate of drug-likeness (QED) is 0.224. The summed E-state index contributed by atoms with van der Waals surface area (Å²) in [7, 11) is 0. The van der Waals surface area contributed by atoms with E-state index in [1.165, 1.54) is 32.4 Å². The van der Waals surface area contributed by atoms with Gasteiger partial charge >= 0.3 is 0 Å². The number of piperidine rings is 1. The molecular weight excluding hydrogens is 422 g/mol. The molecule has 0 bridgehead atoms. The van der Waals surface area contributed by atoms with Gasteiger partial charge in [0.2, 0.25) is 0 Å². The molecule has 4 nitrogen and oxygen atoms in total. The number of hydrogen-bond donors (Lipinski definition) is 0. The first kappa shape index (κ1) is 24.0. The van der Waals surface area contributed by atoms with E-state index in [1.54, 1.807) is 0 Å². The summed E-state index contributed by atoms with van der Waals surface area (Å²) in [6.07, 6.45) is 6.53. The summed E-state index contributed by atoms with van der Waals surface area (Å²) in [5.74, 6) is 1.43. The Labute approximate surface area is 203 Å². The second-order valence-electron chi connectivity index (χ2n) is 8.99. The maximum Gasteiger partial charge on any atom is 0.163 e. The van der Waals surface area contributed by atoms with E-state index in [2.05, 4.69) is 4.90 Å². The number of carbonyl (C=O) groups excluding carboxylic acids is 1. The average molecular weight is 458 g/mol. The highest BCUT2D eigenvalue weighted by Gasteiger charge is 2.14. The van der Waals surface area contributed by atoms with Crippen LogP contribution in [0.5, 0.6) is 11.5 Å². The smallest absolute Gasteiger partial charge is 0.163 e. The molecule has 1 heterocycles. The van der Waals surface area contributed by atoms with Crippen molar-refractivity contribution in [3.05, 3.63) is 95.6 Å². The van der Waals surface area contributed by atoms with E-state index in [4.69, 9.17) is 9.47 Å². The molecule has 0 atom stereocenters. The molecule has 1 aliphatic rings. The monoisotopic (exact) mass is 457 g/mol. The van der Waals surface area contributed by atoms with E-state index in [1.807, 2.05) is 78.9 Å². The Kier molecular flexibility index (Phi) is 9.15. The third-order valence-corrected chi connectivity index (χ3v) is 6.32. The van der Waals surface area contributed by atoms with Gasteiger partial charge in [-0.2, -0.15) is 0 Å². The summed E-state index contributed by atoms with van der Waals surface area (Å²) in [5, 5.41) is 0. The van der Waals surface area contributed by atoms with E-state index in [0.717, 1.165) is 30.5 Å². The van der Waals surface area contributed by atoms with Gasteiger partial charge in [-0.1, -0.05) is 67.1 Å². The molecule has 0 unspecified atom stereocenters. The van der Waals surface area contributed by atoms with Crippen molar-refractivity contribution in [1.29, 1.82) is 0 Å². The van der Waals surface area contributed by atoms with Crippen LogP contribution in [-0.4, -0.2) is 30.3 Å². The van der Waals surface area contributed by atoms with Crippen LogP contribution in [-0.2, 0) is 13.2 Å². The zero-order chi connectivity index (χ0) is 23.4. The maximum absolute atomic E-state index is 12.9. The van der Waals surface area contributed by atoms with Crippen molar-refractivity contribution in [2.45, 2.75) is 51.7 Å². The first-order valence-corrected chi connectivity index (χ1v) is 12.5. The van der Waals surface area contributed by atoms with Crippen LogP contribution in [0, 0.1) is 0 Å². The summed E-state index contributed by atoms with van der Waals surface area (Å²) < 4.78 is 12.2. The second kappa shape index (κ2) is 13.0. The molecule has 0 radical (unpaired) electrons. The Bertz CT molecular complexity index is 1010. The van der Waals surface area contributed by atoms with Crippen molar-refractivity contribution < 1.29 is 14.3 Å². The van der Waals surface area contributed by atoms with Gasteiger partial charge in [0, 0.05) is 12.0 Å². The molecule has 1 fully saturated rings. The van der Waals surface area contributed by atoms with Crippen LogP contribution in [0.4, 0.5) is 0 Å². The number of Topliss-reactive ketones (excluding diaryl/α,β-unsaturated/α-hetero) is 1.